The van der Waals surface area contributed by atoms with Gasteiger partial charge >= 0.3 is 0 Å². The van der Waals surface area contributed by atoms with Gasteiger partial charge in [0, 0.05) is 5.03 Å². The summed E-state index contributed by atoms with van der Waals surface area (Å²) in [6, 6.07) is 0. The third-order valence-corrected chi connectivity index (χ3v) is 1.26. The molecule has 58 valence electrons. The molecule has 0 saturated heterocycles. The van der Waals surface area contributed by atoms with Crippen LogP contribution in [-0.4, -0.2) is 0 Å². The van der Waals surface area contributed by atoms with Gasteiger partial charge in [0.25, 0.3) is 0 Å². The molecule has 0 radical (unpaired) electrons. The Balaban J connectivity index is 4.33. The summed E-state index contributed by atoms with van der Waals surface area (Å²) >= 11 is 5.53. The molecule has 0 atom stereocenters. The van der Waals surface area contributed by atoms with Gasteiger partial charge < -0.3 is 0 Å². The Bertz CT molecular complexity index is 164. The normalized spacial score (nSPS) is 15.1. The SMILES string of the molecule is CC/C(F)=C(C)\C=C(/C)Cl. The molecule has 0 spiro atoms. The van der Waals surface area contributed by atoms with Crippen LogP contribution in [0.5, 0.6) is 0 Å². The predicted molar refractivity (Wildman–Crippen MR) is 43.7 cm³/mol. The minimum Gasteiger partial charge on any atom is -0.212 e. The lowest BCUT2D eigenvalue weighted by Crippen LogP contribution is -1.76. The van der Waals surface area contributed by atoms with E-state index in [4.69, 9.17) is 11.6 Å². The van der Waals surface area contributed by atoms with Gasteiger partial charge in [-0.3, -0.25) is 0 Å². The summed E-state index contributed by atoms with van der Waals surface area (Å²) in [5, 5.41) is 0.612. The molecule has 0 saturated carbocycles. The number of allylic oxidation sites excluding steroid dienone is 4. The van der Waals surface area contributed by atoms with Crippen molar-refractivity contribution in [2.45, 2.75) is 27.2 Å². The van der Waals surface area contributed by atoms with Crippen LogP contribution in [0.2, 0.25) is 0 Å². The molecule has 2 heteroatoms. The monoisotopic (exact) mass is 162 g/mol. The summed E-state index contributed by atoms with van der Waals surface area (Å²) in [7, 11) is 0. The maximum absolute atomic E-state index is 12.7. The van der Waals surface area contributed by atoms with E-state index < -0.39 is 0 Å². The fraction of sp³-hybridized carbons (Fsp3) is 0.500. The van der Waals surface area contributed by atoms with Crippen LogP contribution in [0.25, 0.3) is 0 Å². The van der Waals surface area contributed by atoms with E-state index in [1.165, 1.54) is 0 Å². The number of rotatable bonds is 2. The molecule has 0 aromatic rings. The van der Waals surface area contributed by atoms with Crippen molar-refractivity contribution in [1.29, 1.82) is 0 Å². The highest BCUT2D eigenvalue weighted by Gasteiger charge is 1.94. The average Bonchev–Trinajstić information content (AvgIpc) is 1.85. The zero-order valence-electron chi connectivity index (χ0n) is 6.54. The smallest absolute Gasteiger partial charge is 0.103 e. The van der Waals surface area contributed by atoms with E-state index in [0.717, 1.165) is 0 Å². The van der Waals surface area contributed by atoms with E-state index in [2.05, 4.69) is 0 Å². The molecular weight excluding hydrogens is 151 g/mol. The lowest BCUT2D eigenvalue weighted by Gasteiger charge is -1.94. The molecule has 0 nitrogen and oxygen atoms in total. The van der Waals surface area contributed by atoms with E-state index >= 15 is 0 Å². The summed E-state index contributed by atoms with van der Waals surface area (Å²) in [6.45, 7) is 5.22. The summed E-state index contributed by atoms with van der Waals surface area (Å²) < 4.78 is 12.7. The van der Waals surface area contributed by atoms with Crippen LogP contribution in [0.15, 0.2) is 22.5 Å². The first kappa shape index (κ1) is 9.70. The van der Waals surface area contributed by atoms with Gasteiger partial charge in [-0.25, -0.2) is 4.39 Å². The highest BCUT2D eigenvalue weighted by atomic mass is 35.5. The lowest BCUT2D eigenvalue weighted by atomic mass is 10.2. The largest absolute Gasteiger partial charge is 0.212 e. The molecule has 0 rings (SSSR count). The van der Waals surface area contributed by atoms with Gasteiger partial charge in [0.2, 0.25) is 0 Å². The summed E-state index contributed by atoms with van der Waals surface area (Å²) in [6.07, 6.45) is 2.06. The van der Waals surface area contributed by atoms with Crippen LogP contribution in [0, 0.1) is 0 Å². The molecule has 10 heavy (non-hydrogen) atoms. The summed E-state index contributed by atoms with van der Waals surface area (Å²) in [4.78, 5) is 0. The molecule has 0 heterocycles. The zero-order valence-corrected chi connectivity index (χ0v) is 7.30. The third-order valence-electron chi connectivity index (χ3n) is 1.15. The molecule has 0 bridgehead atoms. The molecule has 0 unspecified atom stereocenters. The highest BCUT2D eigenvalue weighted by Crippen LogP contribution is 2.13. The van der Waals surface area contributed by atoms with Crippen LogP contribution in [0.3, 0.4) is 0 Å². The van der Waals surface area contributed by atoms with Crippen molar-refractivity contribution >= 4 is 11.6 Å². The van der Waals surface area contributed by atoms with Crippen molar-refractivity contribution in [2.75, 3.05) is 0 Å². The first-order valence-electron chi connectivity index (χ1n) is 3.27. The first-order chi connectivity index (χ1) is 4.57. The Hall–Kier alpha value is -0.300. The topological polar surface area (TPSA) is 0 Å². The molecule has 0 aliphatic rings. The lowest BCUT2D eigenvalue weighted by molar-refractivity contribution is 0.595. The van der Waals surface area contributed by atoms with Crippen molar-refractivity contribution in [3.05, 3.63) is 22.5 Å². The maximum Gasteiger partial charge on any atom is 0.103 e. The molecule has 0 aromatic heterocycles. The van der Waals surface area contributed by atoms with E-state index in [-0.39, 0.29) is 5.83 Å². The Labute approximate surface area is 66.4 Å². The molecule has 0 aliphatic heterocycles. The number of hydrogen-bond donors (Lipinski definition) is 0. The molecule has 0 N–H and O–H groups in total. The van der Waals surface area contributed by atoms with Crippen molar-refractivity contribution in [3.63, 3.8) is 0 Å². The van der Waals surface area contributed by atoms with Crippen LogP contribution < -0.4 is 0 Å². The predicted octanol–water partition coefficient (Wildman–Crippen LogP) is 3.78. The van der Waals surface area contributed by atoms with E-state index in [1.807, 2.05) is 0 Å². The second kappa shape index (κ2) is 4.51. The number of halogens is 2. The van der Waals surface area contributed by atoms with Gasteiger partial charge in [0.05, 0.1) is 0 Å². The van der Waals surface area contributed by atoms with Gasteiger partial charge in [-0.05, 0) is 31.9 Å². The first-order valence-corrected chi connectivity index (χ1v) is 3.64. The minimum atomic E-state index is -0.0972. The summed E-state index contributed by atoms with van der Waals surface area (Å²) in [5.74, 6) is -0.0972. The fourth-order valence-electron chi connectivity index (χ4n) is 0.655. The standard InChI is InChI=1S/C8H12ClF/c1-4-8(10)6(2)5-7(3)9/h5H,4H2,1-3H3/b7-5+,8-6+. The Morgan fingerprint density at radius 1 is 1.50 bits per heavy atom. The molecular formula is C8H12ClF. The van der Waals surface area contributed by atoms with Crippen molar-refractivity contribution in [3.8, 4) is 0 Å². The second-order valence-corrected chi connectivity index (χ2v) is 2.77. The van der Waals surface area contributed by atoms with Gasteiger partial charge in [-0.1, -0.05) is 18.5 Å². The van der Waals surface area contributed by atoms with Crippen molar-refractivity contribution in [1.82, 2.24) is 0 Å². The Morgan fingerprint density at radius 3 is 2.30 bits per heavy atom. The van der Waals surface area contributed by atoms with Gasteiger partial charge in [-0.15, -0.1) is 0 Å². The van der Waals surface area contributed by atoms with Crippen LogP contribution in [-0.2, 0) is 0 Å². The van der Waals surface area contributed by atoms with Crippen molar-refractivity contribution in [2.24, 2.45) is 0 Å². The average molecular weight is 163 g/mol. The summed E-state index contributed by atoms with van der Waals surface area (Å²) in [5.41, 5.74) is 0.620. The van der Waals surface area contributed by atoms with Gasteiger partial charge in [0.1, 0.15) is 5.83 Å². The Morgan fingerprint density at radius 2 is 2.00 bits per heavy atom. The van der Waals surface area contributed by atoms with Crippen LogP contribution in [0.1, 0.15) is 27.2 Å². The molecule has 0 aromatic carbocycles. The van der Waals surface area contributed by atoms with Crippen LogP contribution in [0.4, 0.5) is 4.39 Å². The quantitative estimate of drug-likeness (QED) is 0.542. The van der Waals surface area contributed by atoms with Crippen molar-refractivity contribution < 1.29 is 4.39 Å². The third kappa shape index (κ3) is 3.67. The van der Waals surface area contributed by atoms with E-state index in [1.54, 1.807) is 26.8 Å². The number of hydrogen-bond acceptors (Lipinski definition) is 0. The van der Waals surface area contributed by atoms with Crippen LogP contribution >= 0.6 is 11.6 Å². The molecule has 0 fully saturated rings. The molecule has 0 amide bonds. The fourth-order valence-corrected chi connectivity index (χ4v) is 0.819. The highest BCUT2D eigenvalue weighted by molar-refractivity contribution is 6.29. The maximum atomic E-state index is 12.7. The minimum absolute atomic E-state index is 0.0972. The van der Waals surface area contributed by atoms with Gasteiger partial charge in [-0.2, -0.15) is 0 Å². The molecule has 0 aliphatic carbocycles. The Kier molecular flexibility index (Phi) is 4.37. The van der Waals surface area contributed by atoms with Gasteiger partial charge in [0.15, 0.2) is 0 Å². The second-order valence-electron chi connectivity index (χ2n) is 2.17. The zero-order chi connectivity index (χ0) is 8.15. The van der Waals surface area contributed by atoms with E-state index in [0.29, 0.717) is 17.0 Å². The van der Waals surface area contributed by atoms with E-state index in [9.17, 15) is 4.39 Å².